The van der Waals surface area contributed by atoms with E-state index in [4.69, 9.17) is 33.0 Å². The molecule has 7 nitrogen and oxygen atoms in total. The summed E-state index contributed by atoms with van der Waals surface area (Å²) >= 11 is 12.1. The van der Waals surface area contributed by atoms with Gasteiger partial charge in [-0.25, -0.2) is 0 Å². The Bertz CT molecular complexity index is 1370. The molecule has 1 unspecified atom stereocenters. The molecule has 1 amide bonds. The van der Waals surface area contributed by atoms with Gasteiger partial charge in [-0.05, 0) is 42.0 Å². The molecular weight excluding hydrogens is 493 g/mol. The maximum Gasteiger partial charge on any atom is 0.307 e. The Balaban J connectivity index is 1.92. The van der Waals surface area contributed by atoms with Gasteiger partial charge in [0.15, 0.2) is 0 Å². The molecule has 1 heterocycles. The smallest absolute Gasteiger partial charge is 0.307 e. The van der Waals surface area contributed by atoms with E-state index < -0.39 is 29.5 Å². The number of hydrogen-bond donors (Lipinski definition) is 2. The summed E-state index contributed by atoms with van der Waals surface area (Å²) in [4.78, 5) is 38.8. The third-order valence-electron chi connectivity index (χ3n) is 5.64. The predicted octanol–water partition coefficient (Wildman–Crippen LogP) is 5.26. The molecule has 0 aliphatic carbocycles. The zero-order valence-corrected chi connectivity index (χ0v) is 19.9. The number of anilines is 1. The standard InChI is InChI=1S/C26H19Cl2NO6/c1-35-20-5-3-2-4-17(20)23-22(24(32)15-8-11-18(27)19(28)13-15)25(33)26(34)29(23)16-9-6-14(7-10-16)12-21(30)31/h2-11,13,23,32H,12H2,1H3,(H,30,31)/b24-22+. The van der Waals surface area contributed by atoms with Gasteiger partial charge in [0.2, 0.25) is 0 Å². The molecule has 1 aliphatic heterocycles. The number of rotatable bonds is 6. The first-order valence-corrected chi connectivity index (χ1v) is 11.2. The van der Waals surface area contributed by atoms with E-state index >= 15 is 0 Å². The Morgan fingerprint density at radius 1 is 0.971 bits per heavy atom. The number of halogens is 2. The number of carbonyl (C=O) groups excluding carboxylic acids is 2. The molecule has 1 aliphatic rings. The SMILES string of the molecule is COc1ccccc1C1/C(=C(\O)c2ccc(Cl)c(Cl)c2)C(=O)C(=O)N1c1ccc(CC(=O)O)cc1. The monoisotopic (exact) mass is 511 g/mol. The van der Waals surface area contributed by atoms with Crippen molar-refractivity contribution in [2.75, 3.05) is 12.0 Å². The number of aliphatic carboxylic acids is 1. The molecule has 1 fully saturated rings. The molecule has 3 aromatic carbocycles. The van der Waals surface area contributed by atoms with Gasteiger partial charge in [0.1, 0.15) is 11.5 Å². The molecule has 0 aromatic heterocycles. The van der Waals surface area contributed by atoms with Gasteiger partial charge >= 0.3 is 5.97 Å². The molecule has 0 radical (unpaired) electrons. The predicted molar refractivity (Wildman–Crippen MR) is 132 cm³/mol. The zero-order valence-electron chi connectivity index (χ0n) is 18.4. The van der Waals surface area contributed by atoms with Crippen molar-refractivity contribution in [3.05, 3.63) is 99.0 Å². The normalized spacial score (nSPS) is 17.0. The highest BCUT2D eigenvalue weighted by atomic mass is 35.5. The Hall–Kier alpha value is -3.81. The van der Waals surface area contributed by atoms with Crippen molar-refractivity contribution in [2.24, 2.45) is 0 Å². The number of nitrogens with zero attached hydrogens (tertiary/aromatic N) is 1. The van der Waals surface area contributed by atoms with E-state index in [-0.39, 0.29) is 27.6 Å². The highest BCUT2D eigenvalue weighted by Crippen LogP contribution is 2.45. The lowest BCUT2D eigenvalue weighted by molar-refractivity contribution is -0.136. The van der Waals surface area contributed by atoms with Gasteiger partial charge in [-0.3, -0.25) is 19.3 Å². The van der Waals surface area contributed by atoms with Crippen LogP contribution in [0.2, 0.25) is 10.0 Å². The van der Waals surface area contributed by atoms with E-state index in [9.17, 15) is 19.5 Å². The third kappa shape index (κ3) is 4.60. The molecule has 178 valence electrons. The van der Waals surface area contributed by atoms with E-state index in [1.807, 2.05) is 0 Å². The fourth-order valence-corrected chi connectivity index (χ4v) is 4.33. The Labute approximate surface area is 210 Å². The molecular formula is C26H19Cl2NO6. The molecule has 9 heteroatoms. The number of carboxylic acids is 1. The number of aliphatic hydroxyl groups excluding tert-OH is 1. The number of para-hydroxylation sites is 1. The van der Waals surface area contributed by atoms with Gasteiger partial charge < -0.3 is 14.9 Å². The summed E-state index contributed by atoms with van der Waals surface area (Å²) in [5.41, 5.74) is 1.43. The van der Waals surface area contributed by atoms with Crippen molar-refractivity contribution >= 4 is 52.3 Å². The molecule has 35 heavy (non-hydrogen) atoms. The van der Waals surface area contributed by atoms with Crippen LogP contribution in [0.15, 0.2) is 72.3 Å². The number of Topliss-reactive ketones (excluding diaryl/α,β-unsaturated/α-hetero) is 1. The number of ether oxygens (including phenoxy) is 1. The second-order valence-electron chi connectivity index (χ2n) is 7.78. The summed E-state index contributed by atoms with van der Waals surface area (Å²) in [6.45, 7) is 0. The van der Waals surface area contributed by atoms with Crippen molar-refractivity contribution in [3.8, 4) is 5.75 Å². The van der Waals surface area contributed by atoms with Gasteiger partial charge in [-0.15, -0.1) is 0 Å². The third-order valence-corrected chi connectivity index (χ3v) is 6.38. The second-order valence-corrected chi connectivity index (χ2v) is 8.59. The van der Waals surface area contributed by atoms with Gasteiger partial charge in [0.25, 0.3) is 11.7 Å². The van der Waals surface area contributed by atoms with Crippen molar-refractivity contribution in [3.63, 3.8) is 0 Å². The van der Waals surface area contributed by atoms with Crippen LogP contribution in [0.5, 0.6) is 5.75 Å². The van der Waals surface area contributed by atoms with Crippen LogP contribution in [0, 0.1) is 0 Å². The molecule has 0 spiro atoms. The molecule has 1 atom stereocenters. The van der Waals surface area contributed by atoms with Crippen molar-refractivity contribution in [2.45, 2.75) is 12.5 Å². The zero-order chi connectivity index (χ0) is 25.3. The molecule has 1 saturated heterocycles. The fraction of sp³-hybridized carbons (Fsp3) is 0.115. The minimum absolute atomic E-state index is 0.146. The highest BCUT2D eigenvalue weighted by molar-refractivity contribution is 6.52. The molecule has 3 aromatic rings. The molecule has 2 N–H and O–H groups in total. The molecule has 0 saturated carbocycles. The van der Waals surface area contributed by atoms with E-state index in [1.165, 1.54) is 30.2 Å². The summed E-state index contributed by atoms with van der Waals surface area (Å²) in [6.07, 6.45) is -0.188. The first-order chi connectivity index (χ1) is 16.7. The van der Waals surface area contributed by atoms with Crippen LogP contribution in [-0.2, 0) is 20.8 Å². The minimum atomic E-state index is -1.02. The van der Waals surface area contributed by atoms with E-state index in [0.29, 0.717) is 22.6 Å². The first kappa shape index (κ1) is 24.3. The number of ketones is 1. The number of methoxy groups -OCH3 is 1. The minimum Gasteiger partial charge on any atom is -0.507 e. The van der Waals surface area contributed by atoms with Crippen LogP contribution >= 0.6 is 23.2 Å². The largest absolute Gasteiger partial charge is 0.507 e. The van der Waals surface area contributed by atoms with Crippen molar-refractivity contribution in [1.29, 1.82) is 0 Å². The second kappa shape index (κ2) is 9.82. The number of carbonyl (C=O) groups is 3. The number of hydrogen-bond acceptors (Lipinski definition) is 5. The maximum absolute atomic E-state index is 13.3. The Morgan fingerprint density at radius 3 is 2.29 bits per heavy atom. The van der Waals surface area contributed by atoms with Crippen molar-refractivity contribution < 1.29 is 29.3 Å². The summed E-state index contributed by atoms with van der Waals surface area (Å²) in [6, 6.07) is 16.5. The topological polar surface area (TPSA) is 104 Å². The van der Waals surface area contributed by atoms with Crippen LogP contribution < -0.4 is 9.64 Å². The number of aliphatic hydroxyl groups is 1. The van der Waals surface area contributed by atoms with Crippen molar-refractivity contribution in [1.82, 2.24) is 0 Å². The summed E-state index contributed by atoms with van der Waals surface area (Å²) < 4.78 is 5.49. The van der Waals surface area contributed by atoms with Crippen LogP contribution in [0.25, 0.3) is 5.76 Å². The summed E-state index contributed by atoms with van der Waals surface area (Å²) in [7, 11) is 1.46. The average molecular weight is 512 g/mol. The highest BCUT2D eigenvalue weighted by Gasteiger charge is 2.47. The van der Waals surface area contributed by atoms with Gasteiger partial charge in [-0.1, -0.05) is 53.5 Å². The average Bonchev–Trinajstić information content (AvgIpc) is 3.10. The van der Waals surface area contributed by atoms with E-state index in [0.717, 1.165) is 0 Å². The van der Waals surface area contributed by atoms with Crippen LogP contribution in [0.4, 0.5) is 5.69 Å². The fourth-order valence-electron chi connectivity index (χ4n) is 4.03. The van der Waals surface area contributed by atoms with Crippen LogP contribution in [0.1, 0.15) is 22.7 Å². The molecule has 0 bridgehead atoms. The number of benzene rings is 3. The quantitative estimate of drug-likeness (QED) is 0.266. The van der Waals surface area contributed by atoms with Gasteiger partial charge in [-0.2, -0.15) is 0 Å². The maximum atomic E-state index is 13.3. The Kier molecular flexibility index (Phi) is 6.82. The van der Waals surface area contributed by atoms with Crippen LogP contribution in [-0.4, -0.2) is 35.0 Å². The van der Waals surface area contributed by atoms with Gasteiger partial charge in [0.05, 0.1) is 35.2 Å². The first-order valence-electron chi connectivity index (χ1n) is 10.4. The van der Waals surface area contributed by atoms with E-state index in [2.05, 4.69) is 0 Å². The van der Waals surface area contributed by atoms with Gasteiger partial charge in [0, 0.05) is 16.8 Å². The lowest BCUT2D eigenvalue weighted by Gasteiger charge is -2.26. The van der Waals surface area contributed by atoms with E-state index in [1.54, 1.807) is 48.5 Å². The number of amides is 1. The summed E-state index contributed by atoms with van der Waals surface area (Å²) in [5.74, 6) is -2.74. The summed E-state index contributed by atoms with van der Waals surface area (Å²) in [5, 5.41) is 20.7. The number of carboxylic acid groups (broad SMARTS) is 1. The lowest BCUT2D eigenvalue weighted by Crippen LogP contribution is -2.29. The lowest BCUT2D eigenvalue weighted by atomic mass is 9.94. The molecule has 4 rings (SSSR count). The van der Waals surface area contributed by atoms with Crippen LogP contribution in [0.3, 0.4) is 0 Å². The Morgan fingerprint density at radius 2 is 1.66 bits per heavy atom.